The number of hydrogen-bond acceptors (Lipinski definition) is 8. The lowest BCUT2D eigenvalue weighted by molar-refractivity contribution is -0.547. The summed E-state index contributed by atoms with van der Waals surface area (Å²) in [6.07, 6.45) is 39.1. The van der Waals surface area contributed by atoms with Gasteiger partial charge in [-0.3, -0.25) is 8.96 Å². The first-order valence-electron chi connectivity index (χ1n) is 32.2. The third-order valence-corrected chi connectivity index (χ3v) is 15.8. The van der Waals surface area contributed by atoms with E-state index in [0.29, 0.717) is 71.7 Å². The summed E-state index contributed by atoms with van der Waals surface area (Å²) in [7, 11) is -8.72. The van der Waals surface area contributed by atoms with Gasteiger partial charge in [0, 0.05) is 36.4 Å². The Labute approximate surface area is 487 Å². The lowest BCUT2D eigenvalue weighted by atomic mass is 9.98. The van der Waals surface area contributed by atoms with Crippen LogP contribution in [0.5, 0.6) is 34.5 Å². The Hall–Kier alpha value is -5.53. The van der Waals surface area contributed by atoms with Gasteiger partial charge in [0.25, 0.3) is 0 Å². The summed E-state index contributed by atoms with van der Waals surface area (Å²) >= 11 is 0. The molecule has 82 heavy (non-hydrogen) atoms. The number of unbranched alkanes of at least 4 members (excludes halogenated alkanes) is 28. The lowest BCUT2D eigenvalue weighted by Crippen LogP contribution is -2.65. The third kappa shape index (κ3) is 19.3. The smallest absolute Gasteiger partial charge is 0.599 e. The normalized spacial score (nSPS) is 13.6. The largest absolute Gasteiger partial charge is 0.837 e. The van der Waals surface area contributed by atoms with Crippen LogP contribution in [0.15, 0.2) is 81.6 Å². The van der Waals surface area contributed by atoms with Crippen molar-refractivity contribution in [2.75, 3.05) is 26.4 Å². The molecule has 0 saturated heterocycles. The molecule has 0 N–H and O–H groups in total. The molecule has 452 valence electrons. The van der Waals surface area contributed by atoms with E-state index in [-0.39, 0.29) is 34.3 Å². The zero-order valence-corrected chi connectivity index (χ0v) is 50.2. The molecule has 0 saturated carbocycles. The second-order valence-corrected chi connectivity index (χ2v) is 22.8. The van der Waals surface area contributed by atoms with Crippen molar-refractivity contribution in [3.63, 3.8) is 0 Å². The summed E-state index contributed by atoms with van der Waals surface area (Å²) in [5, 5.41) is 0. The Morgan fingerprint density at radius 1 is 0.329 bits per heavy atom. The summed E-state index contributed by atoms with van der Waals surface area (Å²) in [5.41, 5.74) is 2.22. The van der Waals surface area contributed by atoms with E-state index in [4.69, 9.17) is 37.1 Å². The molecule has 0 amide bonds. The maximum Gasteiger partial charge on any atom is 0.837 e. The highest BCUT2D eigenvalue weighted by atomic mass is 19.3. The Balaban J connectivity index is 0.000000236. The van der Waals surface area contributed by atoms with Crippen molar-refractivity contribution < 1.29 is 63.3 Å². The summed E-state index contributed by atoms with van der Waals surface area (Å²) < 4.78 is 109. The minimum Gasteiger partial charge on any atom is -0.599 e. The SMILES string of the molecule is CCCCCCCCCCCCOc1ccc2c(c1)oc1[n+]2[B-](F)(F)Oc2cc(OCCCCCCCC)ccc2-1.CCCCCCCCCCCCOc1ccc2c(c1)oc1[n+]2[B-](F)(F)Oc2cc(OCCCCCCCC)ccc2-1. The van der Waals surface area contributed by atoms with Crippen LogP contribution in [0.1, 0.15) is 233 Å². The first kappa shape index (κ1) is 64.0. The lowest BCUT2D eigenvalue weighted by Gasteiger charge is -2.26. The molecule has 0 bridgehead atoms. The van der Waals surface area contributed by atoms with Crippen LogP contribution in [0, 0.1) is 0 Å². The maximum atomic E-state index is 15.3. The van der Waals surface area contributed by atoms with Crippen LogP contribution in [0.2, 0.25) is 0 Å². The number of aromatic nitrogens is 2. The number of rotatable bonds is 40. The fourth-order valence-corrected chi connectivity index (χ4v) is 11.1. The fourth-order valence-electron chi connectivity index (χ4n) is 11.1. The van der Waals surface area contributed by atoms with E-state index in [1.807, 2.05) is 0 Å². The average Bonchev–Trinajstić information content (AvgIpc) is 2.14. The van der Waals surface area contributed by atoms with Gasteiger partial charge in [-0.05, 0) is 62.1 Å². The minimum absolute atomic E-state index is 0.0759. The predicted octanol–water partition coefficient (Wildman–Crippen LogP) is 20.1. The molecule has 0 radical (unpaired) electrons. The van der Waals surface area contributed by atoms with Gasteiger partial charge in [-0.15, -0.1) is 0 Å². The number of ether oxygens (including phenoxy) is 4. The highest BCUT2D eigenvalue weighted by Gasteiger charge is 2.55. The van der Waals surface area contributed by atoms with Crippen molar-refractivity contribution in [1.82, 2.24) is 0 Å². The fraction of sp³-hybridized carbons (Fsp3) is 0.606. The molecule has 2 aliphatic heterocycles. The Kier molecular flexibility index (Phi) is 26.8. The first-order chi connectivity index (χ1) is 40.1. The summed E-state index contributed by atoms with van der Waals surface area (Å²) in [5.74, 6) is 2.61. The summed E-state index contributed by atoms with van der Waals surface area (Å²) in [4.78, 5) is 0. The monoisotopic (exact) mass is 1140 g/mol. The van der Waals surface area contributed by atoms with E-state index in [1.54, 1.807) is 72.8 Å². The molecule has 0 aliphatic carbocycles. The number of hydrogen-bond donors (Lipinski definition) is 0. The number of halogens is 4. The molecule has 10 nitrogen and oxygen atoms in total. The van der Waals surface area contributed by atoms with Crippen molar-refractivity contribution in [3.8, 4) is 57.4 Å². The summed E-state index contributed by atoms with van der Waals surface area (Å²) in [6, 6.07) is 20.2. The van der Waals surface area contributed by atoms with Gasteiger partial charge in [0.15, 0.2) is 0 Å². The second kappa shape index (κ2) is 34.3. The molecule has 16 heteroatoms. The first-order valence-corrected chi connectivity index (χ1v) is 32.2. The number of nitrogens with zero attached hydrogens (tertiary/aromatic N) is 2. The molecule has 0 spiro atoms. The minimum atomic E-state index is -4.36. The molecule has 0 unspecified atom stereocenters. The number of fused-ring (bicyclic) bond motifs is 10. The van der Waals surface area contributed by atoms with Crippen LogP contribution in [-0.4, -0.2) is 40.5 Å². The molecular formula is C66H96B2F4N2O8. The van der Waals surface area contributed by atoms with Gasteiger partial charge >= 0.3 is 25.9 Å². The number of oxazole rings is 2. The van der Waals surface area contributed by atoms with E-state index in [1.165, 1.54) is 154 Å². The Bertz CT molecular complexity index is 2620. The van der Waals surface area contributed by atoms with Gasteiger partial charge in [0.2, 0.25) is 22.2 Å². The summed E-state index contributed by atoms with van der Waals surface area (Å²) in [6.45, 7) is 11.2. The van der Waals surface area contributed by atoms with Crippen LogP contribution in [0.3, 0.4) is 0 Å². The molecule has 2 aromatic heterocycles. The topological polar surface area (TPSA) is 89.4 Å². The van der Waals surface area contributed by atoms with E-state index in [9.17, 15) is 0 Å². The van der Waals surface area contributed by atoms with Gasteiger partial charge in [0.05, 0.1) is 37.9 Å². The van der Waals surface area contributed by atoms with E-state index < -0.39 is 14.1 Å². The van der Waals surface area contributed by atoms with Gasteiger partial charge in [-0.1, -0.05) is 207 Å². The molecule has 4 heterocycles. The predicted molar refractivity (Wildman–Crippen MR) is 324 cm³/mol. The van der Waals surface area contributed by atoms with Crippen LogP contribution >= 0.6 is 0 Å². The van der Waals surface area contributed by atoms with Gasteiger partial charge in [0.1, 0.15) is 34.1 Å². The van der Waals surface area contributed by atoms with E-state index >= 15 is 17.3 Å². The average molecular weight is 1140 g/mol. The van der Waals surface area contributed by atoms with Gasteiger partial charge in [-0.2, -0.15) is 0 Å². The van der Waals surface area contributed by atoms with Crippen molar-refractivity contribution in [2.45, 2.75) is 233 Å². The molecule has 0 fully saturated rings. The quantitative estimate of drug-likeness (QED) is 0.0214. The zero-order chi connectivity index (χ0) is 57.8. The van der Waals surface area contributed by atoms with Crippen molar-refractivity contribution in [3.05, 3.63) is 72.8 Å². The van der Waals surface area contributed by atoms with Crippen LogP contribution in [0.25, 0.3) is 45.1 Å². The van der Waals surface area contributed by atoms with Crippen molar-refractivity contribution in [1.29, 1.82) is 0 Å². The third-order valence-electron chi connectivity index (χ3n) is 15.8. The zero-order valence-electron chi connectivity index (χ0n) is 50.2. The standard InChI is InChI=1S/2C33H48BF2NO4/c2*1-3-5-7-9-11-12-13-14-16-18-24-39-28-20-22-30-32(26-28)40-33-29-21-19-27(38-23-17-15-10-8-6-4-2)25-31(29)41-34(35,36)37(30)33/h2*19-22,25-26H,3-18,23-24H2,1-2H3. The maximum absolute atomic E-state index is 15.3. The van der Waals surface area contributed by atoms with Crippen LogP contribution < -0.4 is 37.2 Å². The van der Waals surface area contributed by atoms with Crippen LogP contribution in [-0.2, 0) is 0 Å². The molecule has 0 atom stereocenters. The van der Waals surface area contributed by atoms with Crippen LogP contribution in [0.4, 0.5) is 17.3 Å². The van der Waals surface area contributed by atoms with Crippen molar-refractivity contribution >= 4 is 36.3 Å². The van der Waals surface area contributed by atoms with Gasteiger partial charge < -0.3 is 54.4 Å². The molecule has 2 aliphatic rings. The molecule has 4 aromatic carbocycles. The molecular weight excluding hydrogens is 1050 g/mol. The van der Waals surface area contributed by atoms with Gasteiger partial charge in [-0.25, -0.2) is 0 Å². The Morgan fingerprint density at radius 3 is 0.878 bits per heavy atom. The van der Waals surface area contributed by atoms with E-state index in [0.717, 1.165) is 60.3 Å². The van der Waals surface area contributed by atoms with Crippen molar-refractivity contribution in [2.24, 2.45) is 0 Å². The number of benzene rings is 4. The Morgan fingerprint density at radius 2 is 0.585 bits per heavy atom. The highest BCUT2D eigenvalue weighted by molar-refractivity contribution is 6.52. The van der Waals surface area contributed by atoms with E-state index in [2.05, 4.69) is 27.7 Å². The molecule has 8 rings (SSSR count). The highest BCUT2D eigenvalue weighted by Crippen LogP contribution is 2.42. The second-order valence-electron chi connectivity index (χ2n) is 22.8. The molecule has 6 aromatic rings.